The van der Waals surface area contributed by atoms with Crippen molar-refractivity contribution in [1.29, 1.82) is 0 Å². The van der Waals surface area contributed by atoms with Crippen LogP contribution in [0.3, 0.4) is 0 Å². The molecule has 9 heteroatoms. The molecule has 2 aliphatic rings. The maximum atomic E-state index is 11.5. The van der Waals surface area contributed by atoms with Gasteiger partial charge < -0.3 is 29.9 Å². The Bertz CT molecular complexity index is 874. The van der Waals surface area contributed by atoms with Gasteiger partial charge in [0.2, 0.25) is 5.88 Å². The van der Waals surface area contributed by atoms with E-state index in [-0.39, 0.29) is 27.1 Å². The molecule has 2 aromatic rings. The van der Waals surface area contributed by atoms with Crippen LogP contribution >= 0.6 is 0 Å². The summed E-state index contributed by atoms with van der Waals surface area (Å²) in [5, 5.41) is 5.27. The molecule has 0 spiro atoms. The van der Waals surface area contributed by atoms with E-state index in [2.05, 4.69) is 15.6 Å². The topological polar surface area (TPSA) is 96.0 Å². The largest absolute Gasteiger partial charge is 0.474 e. The predicted molar refractivity (Wildman–Crippen MR) is 163 cm³/mol. The van der Waals surface area contributed by atoms with Gasteiger partial charge in [0.05, 0.1) is 13.2 Å². The second-order valence-corrected chi connectivity index (χ2v) is 7.80. The summed E-state index contributed by atoms with van der Waals surface area (Å²) in [4.78, 5) is 30.6. The molecule has 1 unspecified atom stereocenters. The van der Waals surface area contributed by atoms with Crippen LogP contribution in [0, 0.1) is 0 Å². The van der Waals surface area contributed by atoms with Gasteiger partial charge in [-0.3, -0.25) is 0 Å². The molecule has 2 fully saturated rings. The molecule has 9 nitrogen and oxygen atoms in total. The van der Waals surface area contributed by atoms with Crippen molar-refractivity contribution in [3.63, 3.8) is 0 Å². The van der Waals surface area contributed by atoms with E-state index >= 15 is 0 Å². The molecule has 4 amide bonds. The van der Waals surface area contributed by atoms with Crippen LogP contribution in [0.2, 0.25) is 0 Å². The van der Waals surface area contributed by atoms with Gasteiger partial charge in [-0.25, -0.2) is 14.6 Å². The number of hydrogen-bond donors (Lipinski definition) is 2. The number of aromatic nitrogens is 1. The Balaban J connectivity index is -0.000000573. The van der Waals surface area contributed by atoms with Gasteiger partial charge in [0.15, 0.2) is 0 Å². The maximum Gasteiger partial charge on any atom is 0.317 e. The summed E-state index contributed by atoms with van der Waals surface area (Å²) < 4.78 is 11.4. The van der Waals surface area contributed by atoms with Crippen molar-refractivity contribution < 1.29 is 21.9 Å². The van der Waals surface area contributed by atoms with Crippen LogP contribution < -0.4 is 15.4 Å². The lowest BCUT2D eigenvalue weighted by Gasteiger charge is -2.32. The van der Waals surface area contributed by atoms with Crippen LogP contribution in [-0.2, 0) is 4.74 Å². The van der Waals surface area contributed by atoms with Gasteiger partial charge in [0.25, 0.3) is 0 Å². The average molecular weight is 550 g/mol. The zero-order valence-corrected chi connectivity index (χ0v) is 25.3. The van der Waals surface area contributed by atoms with Crippen LogP contribution in [0.1, 0.15) is 68.9 Å². The number of nitrogens with one attached hydrogen (secondary N) is 2. The molecule has 3 heterocycles. The van der Waals surface area contributed by atoms with Crippen molar-refractivity contribution in [2.75, 3.05) is 46.9 Å². The summed E-state index contributed by atoms with van der Waals surface area (Å²) in [7, 11) is 3.30. The van der Waals surface area contributed by atoms with E-state index in [4.69, 9.17) is 9.47 Å². The molecule has 2 aliphatic heterocycles. The number of morpholine rings is 1. The van der Waals surface area contributed by atoms with Crippen LogP contribution in [-0.4, -0.2) is 79.8 Å². The zero-order chi connectivity index (χ0) is 29.5. The highest BCUT2D eigenvalue weighted by Gasteiger charge is 2.25. The van der Waals surface area contributed by atoms with E-state index in [1.165, 1.54) is 0 Å². The minimum Gasteiger partial charge on any atom is -0.474 e. The smallest absolute Gasteiger partial charge is 0.317 e. The molecule has 1 aromatic carbocycles. The van der Waals surface area contributed by atoms with E-state index in [1.54, 1.807) is 30.1 Å². The third kappa shape index (κ3) is 13.3. The lowest BCUT2D eigenvalue weighted by atomic mass is 10.1. The van der Waals surface area contributed by atoms with E-state index in [0.717, 1.165) is 31.5 Å². The van der Waals surface area contributed by atoms with E-state index in [1.807, 2.05) is 90.1 Å². The standard InChI is InChI=1S/C12H17N3O2.C12H16N2O2.3C2H6.2H2/c1-13-12(16)15-8-5-10(6-9-15)17-11-4-2-3-7-14-11;1-13-12(15)14-7-8-16-11(9-14)10-5-3-2-4-6-10;3*1-2;;/h2-4,7,10H,5-6,8-9H2,1H3,(H,13,16);2-6,11H,7-9H2,1H3,(H,13,15);3*1-2H3;2*1H. The van der Waals surface area contributed by atoms with Crippen LogP contribution in [0.4, 0.5) is 9.59 Å². The fourth-order valence-corrected chi connectivity index (χ4v) is 3.78. The number of carbonyl (C=O) groups is 2. The highest BCUT2D eigenvalue weighted by Crippen LogP contribution is 2.21. The second kappa shape index (κ2) is 22.6. The predicted octanol–water partition coefficient (Wildman–Crippen LogP) is 6.23. The number of likely N-dealkylation sites (tertiary alicyclic amines) is 1. The Morgan fingerprint density at radius 1 is 0.846 bits per heavy atom. The quantitative estimate of drug-likeness (QED) is 0.473. The van der Waals surface area contributed by atoms with Crippen molar-refractivity contribution >= 4 is 12.1 Å². The fourth-order valence-electron chi connectivity index (χ4n) is 3.78. The number of ether oxygens (including phenoxy) is 2. The molecular weight excluding hydrogens is 494 g/mol. The van der Waals surface area contributed by atoms with Crippen molar-refractivity contribution in [3.05, 3.63) is 60.3 Å². The Kier molecular flexibility index (Phi) is 20.7. The highest BCUT2D eigenvalue weighted by atomic mass is 16.5. The molecule has 39 heavy (non-hydrogen) atoms. The Morgan fingerprint density at radius 2 is 1.41 bits per heavy atom. The fraction of sp³-hybridized carbons (Fsp3) is 0.567. The summed E-state index contributed by atoms with van der Waals surface area (Å²) in [6.45, 7) is 15.3. The number of urea groups is 2. The van der Waals surface area contributed by atoms with Crippen molar-refractivity contribution in [1.82, 2.24) is 25.4 Å². The average Bonchev–Trinajstić information content (AvgIpc) is 3.05. The molecule has 2 saturated heterocycles. The molecule has 2 N–H and O–H groups in total. The first kappa shape index (κ1) is 35.7. The van der Waals surface area contributed by atoms with Gasteiger partial charge in [-0.1, -0.05) is 77.9 Å². The number of nitrogens with zero attached hydrogens (tertiary/aromatic N) is 3. The Labute approximate surface area is 239 Å². The van der Waals surface area contributed by atoms with Crippen LogP contribution in [0.5, 0.6) is 5.88 Å². The third-order valence-corrected chi connectivity index (χ3v) is 5.61. The van der Waals surface area contributed by atoms with Crippen LogP contribution in [0.25, 0.3) is 0 Å². The summed E-state index contributed by atoms with van der Waals surface area (Å²) in [5.41, 5.74) is 1.12. The number of hydrogen-bond acceptors (Lipinski definition) is 5. The monoisotopic (exact) mass is 549 g/mol. The summed E-state index contributed by atoms with van der Waals surface area (Å²) in [5.74, 6) is 0.658. The molecule has 1 atom stereocenters. The number of benzene rings is 1. The Hall–Kier alpha value is -3.33. The van der Waals surface area contributed by atoms with E-state index < -0.39 is 0 Å². The molecule has 4 rings (SSSR count). The second-order valence-electron chi connectivity index (χ2n) is 7.80. The molecule has 224 valence electrons. The molecule has 0 radical (unpaired) electrons. The van der Waals surface area contributed by atoms with Gasteiger partial charge in [-0.05, 0) is 11.6 Å². The van der Waals surface area contributed by atoms with E-state index in [9.17, 15) is 9.59 Å². The lowest BCUT2D eigenvalue weighted by molar-refractivity contribution is -0.0151. The summed E-state index contributed by atoms with van der Waals surface area (Å²) in [6.07, 6.45) is 3.57. The molecule has 0 aliphatic carbocycles. The molecule has 0 saturated carbocycles. The third-order valence-electron chi connectivity index (χ3n) is 5.61. The first-order valence-electron chi connectivity index (χ1n) is 14.3. The maximum absolute atomic E-state index is 11.5. The number of rotatable bonds is 3. The van der Waals surface area contributed by atoms with Gasteiger partial charge in [0, 0.05) is 61.7 Å². The van der Waals surface area contributed by atoms with Crippen molar-refractivity contribution in [3.8, 4) is 5.88 Å². The number of amides is 4. The van der Waals surface area contributed by atoms with E-state index in [0.29, 0.717) is 25.6 Å². The minimum atomic E-state index is -0.0377. The summed E-state index contributed by atoms with van der Waals surface area (Å²) in [6, 6.07) is 15.6. The minimum absolute atomic E-state index is 0. The Morgan fingerprint density at radius 3 is 1.95 bits per heavy atom. The number of pyridine rings is 1. The number of carbonyl (C=O) groups excluding carboxylic acids is 2. The van der Waals surface area contributed by atoms with Crippen molar-refractivity contribution in [2.24, 2.45) is 0 Å². The molecule has 1 aromatic heterocycles. The van der Waals surface area contributed by atoms with Gasteiger partial charge in [-0.15, -0.1) is 0 Å². The first-order chi connectivity index (χ1) is 19.1. The first-order valence-corrected chi connectivity index (χ1v) is 14.3. The highest BCUT2D eigenvalue weighted by molar-refractivity contribution is 5.74. The van der Waals surface area contributed by atoms with Gasteiger partial charge in [-0.2, -0.15) is 0 Å². The zero-order valence-electron chi connectivity index (χ0n) is 25.3. The normalized spacial score (nSPS) is 16.2. The summed E-state index contributed by atoms with van der Waals surface area (Å²) >= 11 is 0. The van der Waals surface area contributed by atoms with Gasteiger partial charge in [0.1, 0.15) is 12.2 Å². The van der Waals surface area contributed by atoms with Crippen molar-refractivity contribution in [2.45, 2.75) is 66.6 Å². The molecule has 0 bridgehead atoms. The molecular formula is C30H55N5O4. The van der Waals surface area contributed by atoms with Gasteiger partial charge >= 0.3 is 12.1 Å². The lowest BCUT2D eigenvalue weighted by Crippen LogP contribution is -2.46. The SMILES string of the molecule is CC.CC.CC.CNC(=O)N1CCC(Oc2ccccn2)CC1.CNC(=O)N1CCOC(c2ccccc2)C1.[HH].[HH]. The van der Waals surface area contributed by atoms with Crippen LogP contribution in [0.15, 0.2) is 54.7 Å². The number of piperidine rings is 1.